The molecule has 2 heteroatoms. The van der Waals surface area contributed by atoms with E-state index in [2.05, 4.69) is 72.8 Å². The molecule has 0 N–H and O–H groups in total. The zero-order valence-corrected chi connectivity index (χ0v) is 13.7. The second-order valence-electron chi connectivity index (χ2n) is 7.39. The number of aliphatic imine (C=N–C) groups is 2. The summed E-state index contributed by atoms with van der Waals surface area (Å²) in [6, 6.07) is 0. The van der Waals surface area contributed by atoms with Crippen LogP contribution in [0.3, 0.4) is 0 Å². The molecule has 0 radical (unpaired) electrons. The maximum absolute atomic E-state index is 4.84. The van der Waals surface area contributed by atoms with Gasteiger partial charge in [-0.15, -0.1) is 0 Å². The molecule has 0 aliphatic heterocycles. The molecule has 0 unspecified atom stereocenters. The molecule has 106 valence electrons. The summed E-state index contributed by atoms with van der Waals surface area (Å²) in [5.41, 5.74) is 0.277. The Labute approximate surface area is 114 Å². The molecule has 2 nitrogen and oxygen atoms in total. The first kappa shape index (κ1) is 17.3. The van der Waals surface area contributed by atoms with E-state index in [1.807, 2.05) is 0 Å². The zero-order valence-electron chi connectivity index (χ0n) is 13.7. The van der Waals surface area contributed by atoms with Gasteiger partial charge in [0.15, 0.2) is 0 Å². The quantitative estimate of drug-likeness (QED) is 0.629. The summed E-state index contributed by atoms with van der Waals surface area (Å²) in [7, 11) is 0. The fourth-order valence-electron chi connectivity index (χ4n) is 1.52. The Bertz CT molecular complexity index is 283. The molecule has 0 aromatic heterocycles. The van der Waals surface area contributed by atoms with Crippen molar-refractivity contribution in [2.24, 2.45) is 20.8 Å². The Morgan fingerprint density at radius 3 is 1.56 bits per heavy atom. The SMILES string of the molecule is CCC(CC)(C/N=C/C(C)(C)C)/N=C/C(C)(C)C. The predicted octanol–water partition coefficient (Wildman–Crippen LogP) is 4.78. The van der Waals surface area contributed by atoms with Crippen LogP contribution < -0.4 is 0 Å². The van der Waals surface area contributed by atoms with Gasteiger partial charge in [0.2, 0.25) is 0 Å². The van der Waals surface area contributed by atoms with Gasteiger partial charge in [0, 0.05) is 12.4 Å². The lowest BCUT2D eigenvalue weighted by atomic mass is 9.91. The van der Waals surface area contributed by atoms with Crippen LogP contribution in [-0.4, -0.2) is 24.5 Å². The van der Waals surface area contributed by atoms with Gasteiger partial charge in [0.05, 0.1) is 12.1 Å². The molecule has 0 saturated heterocycles. The van der Waals surface area contributed by atoms with Gasteiger partial charge < -0.3 is 0 Å². The van der Waals surface area contributed by atoms with E-state index in [1.165, 1.54) is 0 Å². The molecule has 0 aromatic rings. The number of hydrogen-bond donors (Lipinski definition) is 0. The van der Waals surface area contributed by atoms with E-state index < -0.39 is 0 Å². The summed E-state index contributed by atoms with van der Waals surface area (Å²) >= 11 is 0. The fraction of sp³-hybridized carbons (Fsp3) is 0.875. The highest BCUT2D eigenvalue weighted by molar-refractivity contribution is 5.65. The minimum absolute atomic E-state index is 0.0188. The average Bonchev–Trinajstić information content (AvgIpc) is 2.20. The highest BCUT2D eigenvalue weighted by Gasteiger charge is 2.25. The topological polar surface area (TPSA) is 24.7 Å². The van der Waals surface area contributed by atoms with Gasteiger partial charge >= 0.3 is 0 Å². The number of hydrogen-bond acceptors (Lipinski definition) is 2. The van der Waals surface area contributed by atoms with Gasteiger partial charge in [0.1, 0.15) is 0 Å². The molecule has 0 aliphatic rings. The van der Waals surface area contributed by atoms with Crippen molar-refractivity contribution in [2.75, 3.05) is 6.54 Å². The van der Waals surface area contributed by atoms with Crippen LogP contribution in [0.2, 0.25) is 0 Å². The Hall–Kier alpha value is -0.660. The summed E-state index contributed by atoms with van der Waals surface area (Å²) in [5, 5.41) is 0. The lowest BCUT2D eigenvalue weighted by Gasteiger charge is -2.27. The van der Waals surface area contributed by atoms with Crippen LogP contribution in [0.25, 0.3) is 0 Å². The van der Waals surface area contributed by atoms with Crippen molar-refractivity contribution >= 4 is 12.4 Å². The summed E-state index contributed by atoms with van der Waals surface area (Å²) in [4.78, 5) is 9.46. The van der Waals surface area contributed by atoms with Crippen molar-refractivity contribution < 1.29 is 0 Å². The first-order valence-electron chi connectivity index (χ1n) is 7.11. The van der Waals surface area contributed by atoms with Crippen LogP contribution in [0, 0.1) is 10.8 Å². The second-order valence-corrected chi connectivity index (χ2v) is 7.39. The monoisotopic (exact) mass is 252 g/mol. The van der Waals surface area contributed by atoms with E-state index >= 15 is 0 Å². The van der Waals surface area contributed by atoms with E-state index in [0.717, 1.165) is 19.4 Å². The molecular formula is C16H32N2. The van der Waals surface area contributed by atoms with Gasteiger partial charge in [-0.1, -0.05) is 55.4 Å². The van der Waals surface area contributed by atoms with Crippen molar-refractivity contribution in [3.63, 3.8) is 0 Å². The Balaban J connectivity index is 4.84. The maximum Gasteiger partial charge on any atom is 0.0793 e. The molecule has 18 heavy (non-hydrogen) atoms. The second kappa shape index (κ2) is 6.49. The van der Waals surface area contributed by atoms with Gasteiger partial charge in [0.25, 0.3) is 0 Å². The van der Waals surface area contributed by atoms with E-state index in [-0.39, 0.29) is 16.4 Å². The fourth-order valence-corrected chi connectivity index (χ4v) is 1.52. The smallest absolute Gasteiger partial charge is 0.0793 e. The van der Waals surface area contributed by atoms with Gasteiger partial charge in [-0.25, -0.2) is 0 Å². The Morgan fingerprint density at radius 1 is 0.778 bits per heavy atom. The number of nitrogens with zero attached hydrogens (tertiary/aromatic N) is 2. The van der Waals surface area contributed by atoms with Crippen molar-refractivity contribution in [3.05, 3.63) is 0 Å². The molecule has 0 heterocycles. The Kier molecular flexibility index (Phi) is 6.25. The summed E-state index contributed by atoms with van der Waals surface area (Å²) in [6.07, 6.45) is 6.22. The minimum atomic E-state index is -0.0188. The maximum atomic E-state index is 4.84. The standard InChI is InChI=1S/C16H32N2/c1-9-16(10-2,18-12-15(6,7)8)13-17-11-14(3,4)5/h11-12H,9-10,13H2,1-8H3/b17-11+,18-12+. The molecule has 0 aromatic carbocycles. The highest BCUT2D eigenvalue weighted by atomic mass is 14.9. The molecular weight excluding hydrogens is 220 g/mol. The molecule has 0 amide bonds. The van der Waals surface area contributed by atoms with Crippen LogP contribution >= 0.6 is 0 Å². The van der Waals surface area contributed by atoms with Crippen LogP contribution in [0.4, 0.5) is 0 Å². The summed E-state index contributed by atoms with van der Waals surface area (Å²) < 4.78 is 0. The molecule has 0 aliphatic carbocycles. The average molecular weight is 252 g/mol. The first-order valence-corrected chi connectivity index (χ1v) is 7.11. The van der Waals surface area contributed by atoms with Crippen LogP contribution in [-0.2, 0) is 0 Å². The van der Waals surface area contributed by atoms with Crippen molar-refractivity contribution in [2.45, 2.75) is 73.8 Å². The van der Waals surface area contributed by atoms with Crippen LogP contribution in [0.1, 0.15) is 68.2 Å². The zero-order chi connectivity index (χ0) is 14.4. The van der Waals surface area contributed by atoms with Crippen molar-refractivity contribution in [3.8, 4) is 0 Å². The van der Waals surface area contributed by atoms with Crippen molar-refractivity contribution in [1.82, 2.24) is 0 Å². The van der Waals surface area contributed by atoms with E-state index in [1.54, 1.807) is 0 Å². The first-order chi connectivity index (χ1) is 8.04. The van der Waals surface area contributed by atoms with Crippen LogP contribution in [0.15, 0.2) is 9.98 Å². The van der Waals surface area contributed by atoms with E-state index in [0.29, 0.717) is 0 Å². The van der Waals surface area contributed by atoms with Crippen molar-refractivity contribution in [1.29, 1.82) is 0 Å². The minimum Gasteiger partial charge on any atom is -0.294 e. The molecule has 0 rings (SSSR count). The lowest BCUT2D eigenvalue weighted by molar-refractivity contribution is 0.406. The molecule has 0 spiro atoms. The molecule has 0 bridgehead atoms. The van der Waals surface area contributed by atoms with E-state index in [4.69, 9.17) is 4.99 Å². The normalized spacial score (nSPS) is 14.9. The van der Waals surface area contributed by atoms with E-state index in [9.17, 15) is 0 Å². The number of rotatable bonds is 5. The van der Waals surface area contributed by atoms with Gasteiger partial charge in [-0.3, -0.25) is 9.98 Å². The summed E-state index contributed by atoms with van der Waals surface area (Å²) in [6.45, 7) is 18.3. The summed E-state index contributed by atoms with van der Waals surface area (Å²) in [5.74, 6) is 0. The predicted molar refractivity (Wildman–Crippen MR) is 84.1 cm³/mol. The van der Waals surface area contributed by atoms with Gasteiger partial charge in [-0.05, 0) is 23.7 Å². The largest absolute Gasteiger partial charge is 0.294 e. The lowest BCUT2D eigenvalue weighted by Crippen LogP contribution is -2.30. The third kappa shape index (κ3) is 7.62. The van der Waals surface area contributed by atoms with Gasteiger partial charge in [-0.2, -0.15) is 0 Å². The molecule has 0 fully saturated rings. The highest BCUT2D eigenvalue weighted by Crippen LogP contribution is 2.23. The van der Waals surface area contributed by atoms with Crippen LogP contribution in [0.5, 0.6) is 0 Å². The Morgan fingerprint density at radius 2 is 1.22 bits per heavy atom. The molecule has 0 atom stereocenters. The molecule has 0 saturated carbocycles. The third-order valence-corrected chi connectivity index (χ3v) is 2.91. The third-order valence-electron chi connectivity index (χ3n) is 2.91.